The second-order valence-corrected chi connectivity index (χ2v) is 7.53. The molecule has 1 unspecified atom stereocenters. The molecule has 0 amide bonds. The Morgan fingerprint density at radius 1 is 0.423 bits per heavy atom. The van der Waals surface area contributed by atoms with E-state index in [1.165, 1.54) is 0 Å². The van der Waals surface area contributed by atoms with Crippen molar-refractivity contribution in [3.63, 3.8) is 0 Å². The van der Waals surface area contributed by atoms with Crippen molar-refractivity contribution in [3.8, 4) is 0 Å². The van der Waals surface area contributed by atoms with Crippen molar-refractivity contribution >= 4 is 16.9 Å². The van der Waals surface area contributed by atoms with Crippen molar-refractivity contribution < 1.29 is 61.5 Å². The summed E-state index contributed by atoms with van der Waals surface area (Å²) in [6, 6.07) is 0. The minimum atomic E-state index is -8.04. The molecule has 155 valence electrons. The fourth-order valence-electron chi connectivity index (χ4n) is 1.45. The summed E-state index contributed by atoms with van der Waals surface area (Å²) in [5, 5.41) is 0. The quantitative estimate of drug-likeness (QED) is 0.354. The van der Waals surface area contributed by atoms with Gasteiger partial charge in [0.05, 0.1) is 0 Å². The Balaban J connectivity index is 6.61. The van der Waals surface area contributed by atoms with Crippen LogP contribution in [0.1, 0.15) is 20.8 Å². The Hall–Kier alpha value is -0.422. The molecule has 0 bridgehead atoms. The van der Waals surface area contributed by atoms with Crippen LogP contribution in [0.25, 0.3) is 0 Å². The van der Waals surface area contributed by atoms with Gasteiger partial charge >= 0.3 is 145 Å². The first kappa shape index (κ1) is 25.6. The molecule has 0 spiro atoms. The molecule has 0 N–H and O–H groups in total. The van der Waals surface area contributed by atoms with Crippen LogP contribution in [-0.2, 0) is 0 Å². The Bertz CT molecular complexity index is 476. The van der Waals surface area contributed by atoms with Gasteiger partial charge in [-0.2, -0.15) is 0 Å². The van der Waals surface area contributed by atoms with E-state index in [-0.39, 0.29) is 16.9 Å². The van der Waals surface area contributed by atoms with Gasteiger partial charge in [0.2, 0.25) is 0 Å². The molecule has 3 radical (unpaired) electrons. The number of alkyl halides is 14. The number of hydrogen-bond donors (Lipinski definition) is 0. The van der Waals surface area contributed by atoms with Crippen molar-refractivity contribution in [3.05, 3.63) is 0 Å². The topological polar surface area (TPSA) is 0 Å². The molecule has 0 heterocycles. The van der Waals surface area contributed by atoms with E-state index in [2.05, 4.69) is 0 Å². The van der Waals surface area contributed by atoms with Gasteiger partial charge in [-0.25, -0.2) is 0 Å². The summed E-state index contributed by atoms with van der Waals surface area (Å²) in [5.41, 5.74) is -2.67. The van der Waals surface area contributed by atoms with Crippen LogP contribution in [0.5, 0.6) is 0 Å². The van der Waals surface area contributed by atoms with E-state index in [0.717, 1.165) is 0 Å². The molecule has 0 aliphatic carbocycles. The second kappa shape index (κ2) is 6.04. The molecule has 0 nitrogen and oxygen atoms in total. The van der Waals surface area contributed by atoms with Crippen LogP contribution < -0.4 is 0 Å². The molecule has 0 aromatic carbocycles. The van der Waals surface area contributed by atoms with Crippen LogP contribution in [-0.4, -0.2) is 57.1 Å². The first-order chi connectivity index (χ1) is 10.8. The Labute approximate surface area is 145 Å². The molecule has 0 aromatic rings. The fraction of sp³-hybridized carbons (Fsp3) is 1.00. The summed E-state index contributed by atoms with van der Waals surface area (Å²) >= 11 is 0.171. The third-order valence-corrected chi connectivity index (χ3v) is 5.34. The molecule has 0 rings (SSSR count). The molecule has 0 aliphatic heterocycles. The van der Waals surface area contributed by atoms with Gasteiger partial charge in [0.15, 0.2) is 0 Å². The van der Waals surface area contributed by atoms with Gasteiger partial charge in [-0.05, 0) is 0 Å². The Kier molecular flexibility index (Phi) is 5.94. The molecule has 0 saturated heterocycles. The van der Waals surface area contributed by atoms with Gasteiger partial charge in [0, 0.05) is 0 Å². The zero-order chi connectivity index (χ0) is 22.0. The summed E-state index contributed by atoms with van der Waals surface area (Å²) in [7, 11) is 0. The summed E-state index contributed by atoms with van der Waals surface area (Å²) in [5.74, 6) is -38.3. The van der Waals surface area contributed by atoms with E-state index >= 15 is 0 Å². The van der Waals surface area contributed by atoms with E-state index < -0.39 is 45.7 Å². The normalized spacial score (nSPS) is 18.7. The first-order valence-corrected chi connectivity index (χ1v) is 7.06. The average molecular weight is 482 g/mol. The molecule has 0 aromatic heterocycles. The van der Waals surface area contributed by atoms with Crippen LogP contribution in [0.15, 0.2) is 0 Å². The van der Waals surface area contributed by atoms with Crippen LogP contribution in [0.2, 0.25) is 0 Å². The molecule has 0 aliphatic rings. The van der Waals surface area contributed by atoms with Crippen molar-refractivity contribution in [1.82, 2.24) is 0 Å². The van der Waals surface area contributed by atoms with Gasteiger partial charge in [0.25, 0.3) is 0 Å². The van der Waals surface area contributed by atoms with Gasteiger partial charge in [-0.1, -0.05) is 0 Å². The summed E-state index contributed by atoms with van der Waals surface area (Å²) in [4.78, 5) is 0. The second-order valence-electron chi connectivity index (χ2n) is 6.24. The monoisotopic (exact) mass is 482 g/mol. The van der Waals surface area contributed by atoms with Crippen LogP contribution in [0.4, 0.5) is 61.5 Å². The molecule has 26 heavy (non-hydrogen) atoms. The maximum absolute atomic E-state index is 14.1. The van der Waals surface area contributed by atoms with Gasteiger partial charge in [-0.15, -0.1) is 0 Å². The fourth-order valence-corrected chi connectivity index (χ4v) is 1.74. The third-order valence-electron chi connectivity index (χ3n) is 3.34. The molecular weight excluding hydrogens is 473 g/mol. The molecule has 0 saturated carbocycles. The predicted octanol–water partition coefficient (Wildman–Crippen LogP) is 5.61. The van der Waals surface area contributed by atoms with Crippen molar-refractivity contribution in [2.45, 2.75) is 61.0 Å². The van der Waals surface area contributed by atoms with Gasteiger partial charge in [-0.3, -0.25) is 0 Å². The van der Waals surface area contributed by atoms with Crippen molar-refractivity contribution in [2.75, 3.05) is 0 Å². The van der Waals surface area contributed by atoms with Crippen LogP contribution in [0.3, 0.4) is 0 Å². The van der Waals surface area contributed by atoms with Gasteiger partial charge in [0.1, 0.15) is 0 Å². The van der Waals surface area contributed by atoms with E-state index in [0.29, 0.717) is 20.8 Å². The maximum atomic E-state index is 14.1. The first-order valence-electron chi connectivity index (χ1n) is 6.12. The average Bonchev–Trinajstić information content (AvgIpc) is 2.34. The molecular formula is C11H9AsF14+. The number of halogens is 14. The standard InChI is InChI=1S/C11H9AsF14/c1-4(2,3)5(12,13)6(14,15)7(16,17)8(18,19)9(20,21)10(22,23)11(24,25)26/h1-3H3/q+1. The summed E-state index contributed by atoms with van der Waals surface area (Å²) in [6.45, 7) is 1.32. The zero-order valence-electron chi connectivity index (χ0n) is 12.7. The summed E-state index contributed by atoms with van der Waals surface area (Å²) < 4.78 is 177. The predicted molar refractivity (Wildman–Crippen MR) is 59.8 cm³/mol. The Morgan fingerprint density at radius 3 is 0.885 bits per heavy atom. The van der Waals surface area contributed by atoms with Crippen LogP contribution >= 0.6 is 0 Å². The minimum absolute atomic E-state index is 0.171. The van der Waals surface area contributed by atoms with Gasteiger partial charge < -0.3 is 0 Å². The molecule has 15 heteroatoms. The van der Waals surface area contributed by atoms with Crippen molar-refractivity contribution in [2.24, 2.45) is 5.41 Å². The van der Waals surface area contributed by atoms with E-state index in [9.17, 15) is 61.5 Å². The molecule has 1 atom stereocenters. The molecule has 0 fully saturated rings. The number of rotatable bonds is 5. The summed E-state index contributed by atoms with van der Waals surface area (Å²) in [6.07, 6.45) is -7.50. The third kappa shape index (κ3) is 3.07. The zero-order valence-corrected chi connectivity index (χ0v) is 14.6. The SMILES string of the molecule is CC(C)(C)C(F)([As+])C(F)(F)C(F)(F)C(F)(F)C(F)(F)C(F)(F)C(F)(F)F. The van der Waals surface area contributed by atoms with E-state index in [1.54, 1.807) is 0 Å². The number of hydrogen-bond acceptors (Lipinski definition) is 0. The van der Waals surface area contributed by atoms with Crippen molar-refractivity contribution in [1.29, 1.82) is 0 Å². The van der Waals surface area contributed by atoms with E-state index in [1.807, 2.05) is 0 Å². The van der Waals surface area contributed by atoms with Crippen LogP contribution in [0, 0.1) is 5.41 Å². The Morgan fingerprint density at radius 2 is 0.654 bits per heavy atom. The van der Waals surface area contributed by atoms with E-state index in [4.69, 9.17) is 0 Å².